The number of halogens is 1. The molecule has 112 valence electrons. The molecule has 0 amide bonds. The Bertz CT molecular complexity index is 405. The van der Waals surface area contributed by atoms with Crippen molar-refractivity contribution in [2.75, 3.05) is 40.4 Å². The van der Waals surface area contributed by atoms with Gasteiger partial charge in [0.15, 0.2) is 0 Å². The molecule has 1 N–H and O–H groups in total. The predicted molar refractivity (Wildman–Crippen MR) is 79.5 cm³/mol. The normalized spacial score (nSPS) is 22.0. The molecule has 1 aliphatic rings. The minimum Gasteiger partial charge on any atom is -0.379 e. The van der Waals surface area contributed by atoms with E-state index in [0.717, 1.165) is 44.7 Å². The second-order valence-corrected chi connectivity index (χ2v) is 5.79. The second-order valence-electron chi connectivity index (χ2n) is 5.79. The van der Waals surface area contributed by atoms with E-state index in [2.05, 4.69) is 10.2 Å². The molecule has 1 aliphatic carbocycles. The molecule has 4 heteroatoms. The van der Waals surface area contributed by atoms with Gasteiger partial charge in [-0.05, 0) is 50.6 Å². The summed E-state index contributed by atoms with van der Waals surface area (Å²) in [6, 6.07) is 7.53. The molecule has 0 atom stereocenters. The Morgan fingerprint density at radius 1 is 1.30 bits per heavy atom. The summed E-state index contributed by atoms with van der Waals surface area (Å²) in [6.45, 7) is 3.40. The molecule has 0 heterocycles. The summed E-state index contributed by atoms with van der Waals surface area (Å²) >= 11 is 0. The van der Waals surface area contributed by atoms with E-state index >= 15 is 0 Å². The standard InChI is InChI=1S/C16H25FN2O/c1-19(2)7-9-20-8-6-18-16-11-14(12-16)13-4-3-5-15(17)10-13/h3-5,10,14,16,18H,6-9,11-12H2,1-2H3. The third kappa shape index (κ3) is 4.85. The summed E-state index contributed by atoms with van der Waals surface area (Å²) in [5.41, 5.74) is 1.13. The van der Waals surface area contributed by atoms with Crippen LogP contribution in [0.15, 0.2) is 24.3 Å². The van der Waals surface area contributed by atoms with Gasteiger partial charge in [-0.25, -0.2) is 4.39 Å². The molecule has 1 saturated carbocycles. The van der Waals surface area contributed by atoms with Crippen LogP contribution in [-0.2, 0) is 4.74 Å². The largest absolute Gasteiger partial charge is 0.379 e. The van der Waals surface area contributed by atoms with Gasteiger partial charge in [0.25, 0.3) is 0 Å². The van der Waals surface area contributed by atoms with Gasteiger partial charge in [-0.3, -0.25) is 0 Å². The molecule has 0 unspecified atom stereocenters. The average molecular weight is 280 g/mol. The van der Waals surface area contributed by atoms with Crippen LogP contribution in [0.2, 0.25) is 0 Å². The first-order chi connectivity index (χ1) is 9.65. The molecular weight excluding hydrogens is 255 g/mol. The number of nitrogens with zero attached hydrogens (tertiary/aromatic N) is 1. The molecule has 0 bridgehead atoms. The van der Waals surface area contributed by atoms with E-state index in [1.807, 2.05) is 20.2 Å². The molecule has 0 radical (unpaired) electrons. The summed E-state index contributed by atoms with van der Waals surface area (Å²) < 4.78 is 18.7. The highest BCUT2D eigenvalue weighted by molar-refractivity contribution is 5.23. The van der Waals surface area contributed by atoms with Gasteiger partial charge in [-0.1, -0.05) is 12.1 Å². The number of ether oxygens (including phenoxy) is 1. The zero-order chi connectivity index (χ0) is 14.4. The molecule has 0 saturated heterocycles. The van der Waals surface area contributed by atoms with Gasteiger partial charge in [-0.2, -0.15) is 0 Å². The first-order valence-electron chi connectivity index (χ1n) is 7.36. The van der Waals surface area contributed by atoms with E-state index in [9.17, 15) is 4.39 Å². The topological polar surface area (TPSA) is 24.5 Å². The number of hydrogen-bond acceptors (Lipinski definition) is 3. The van der Waals surface area contributed by atoms with Crippen LogP contribution in [0.3, 0.4) is 0 Å². The number of benzene rings is 1. The second kappa shape index (κ2) is 7.72. The predicted octanol–water partition coefficient (Wildman–Crippen LogP) is 2.24. The summed E-state index contributed by atoms with van der Waals surface area (Å²) in [5.74, 6) is 0.381. The third-order valence-corrected chi connectivity index (χ3v) is 3.82. The number of likely N-dealkylation sites (N-methyl/N-ethyl adjacent to an activating group) is 1. The molecular formula is C16H25FN2O. The van der Waals surface area contributed by atoms with Crippen molar-refractivity contribution in [3.05, 3.63) is 35.6 Å². The number of nitrogens with one attached hydrogen (secondary N) is 1. The van der Waals surface area contributed by atoms with E-state index in [-0.39, 0.29) is 5.82 Å². The van der Waals surface area contributed by atoms with Crippen molar-refractivity contribution in [2.24, 2.45) is 0 Å². The van der Waals surface area contributed by atoms with Crippen LogP contribution < -0.4 is 5.32 Å². The van der Waals surface area contributed by atoms with Gasteiger partial charge >= 0.3 is 0 Å². The molecule has 2 rings (SSSR count). The fourth-order valence-corrected chi connectivity index (χ4v) is 2.50. The lowest BCUT2D eigenvalue weighted by Gasteiger charge is -2.36. The Balaban J connectivity index is 1.54. The van der Waals surface area contributed by atoms with Crippen LogP contribution in [-0.4, -0.2) is 51.3 Å². The molecule has 0 aliphatic heterocycles. The number of rotatable bonds is 8. The van der Waals surface area contributed by atoms with Crippen LogP contribution >= 0.6 is 0 Å². The Kier molecular flexibility index (Phi) is 5.95. The van der Waals surface area contributed by atoms with E-state index in [4.69, 9.17) is 4.74 Å². The van der Waals surface area contributed by atoms with Crippen LogP contribution in [0.25, 0.3) is 0 Å². The summed E-state index contributed by atoms with van der Waals surface area (Å²) in [5, 5.41) is 3.49. The van der Waals surface area contributed by atoms with Crippen molar-refractivity contribution in [3.63, 3.8) is 0 Å². The lowest BCUT2D eigenvalue weighted by atomic mass is 9.76. The summed E-state index contributed by atoms with van der Waals surface area (Å²) in [4.78, 5) is 2.11. The summed E-state index contributed by atoms with van der Waals surface area (Å²) in [7, 11) is 4.09. The lowest BCUT2D eigenvalue weighted by Crippen LogP contribution is -2.41. The molecule has 1 fully saturated rings. The van der Waals surface area contributed by atoms with E-state index in [1.54, 1.807) is 12.1 Å². The molecule has 1 aromatic rings. The van der Waals surface area contributed by atoms with Crippen molar-refractivity contribution in [1.29, 1.82) is 0 Å². The SMILES string of the molecule is CN(C)CCOCCNC1CC(c2cccc(F)c2)C1. The highest BCUT2D eigenvalue weighted by atomic mass is 19.1. The van der Waals surface area contributed by atoms with Gasteiger partial charge in [0.2, 0.25) is 0 Å². The fraction of sp³-hybridized carbons (Fsp3) is 0.625. The first kappa shape index (κ1) is 15.4. The molecule has 0 aromatic heterocycles. The Morgan fingerprint density at radius 3 is 2.80 bits per heavy atom. The van der Waals surface area contributed by atoms with Crippen LogP contribution in [0.5, 0.6) is 0 Å². The van der Waals surface area contributed by atoms with Crippen LogP contribution in [0, 0.1) is 5.82 Å². The number of hydrogen-bond donors (Lipinski definition) is 1. The first-order valence-corrected chi connectivity index (χ1v) is 7.36. The van der Waals surface area contributed by atoms with Crippen molar-refractivity contribution >= 4 is 0 Å². The fourth-order valence-electron chi connectivity index (χ4n) is 2.50. The Hall–Kier alpha value is -0.970. The van der Waals surface area contributed by atoms with Crippen LogP contribution in [0.1, 0.15) is 24.3 Å². The molecule has 0 spiro atoms. The third-order valence-electron chi connectivity index (χ3n) is 3.82. The molecule has 3 nitrogen and oxygen atoms in total. The lowest BCUT2D eigenvalue weighted by molar-refractivity contribution is 0.114. The van der Waals surface area contributed by atoms with E-state index in [1.165, 1.54) is 6.07 Å². The van der Waals surface area contributed by atoms with Crippen LogP contribution in [0.4, 0.5) is 4.39 Å². The van der Waals surface area contributed by atoms with E-state index < -0.39 is 0 Å². The Labute approximate surface area is 121 Å². The smallest absolute Gasteiger partial charge is 0.123 e. The highest BCUT2D eigenvalue weighted by Crippen LogP contribution is 2.36. The monoisotopic (exact) mass is 280 g/mol. The average Bonchev–Trinajstić information content (AvgIpc) is 2.35. The highest BCUT2D eigenvalue weighted by Gasteiger charge is 2.29. The van der Waals surface area contributed by atoms with Crippen molar-refractivity contribution in [3.8, 4) is 0 Å². The van der Waals surface area contributed by atoms with Crippen molar-refractivity contribution in [1.82, 2.24) is 10.2 Å². The maximum atomic E-state index is 13.1. The minimum atomic E-state index is -0.131. The maximum Gasteiger partial charge on any atom is 0.123 e. The summed E-state index contributed by atoms with van der Waals surface area (Å²) in [6.07, 6.45) is 2.20. The molecule has 20 heavy (non-hydrogen) atoms. The van der Waals surface area contributed by atoms with Gasteiger partial charge in [0.05, 0.1) is 13.2 Å². The Morgan fingerprint density at radius 2 is 2.10 bits per heavy atom. The van der Waals surface area contributed by atoms with Crippen molar-refractivity contribution in [2.45, 2.75) is 24.8 Å². The van der Waals surface area contributed by atoms with Crippen molar-refractivity contribution < 1.29 is 9.13 Å². The molecule has 1 aromatic carbocycles. The zero-order valence-corrected chi connectivity index (χ0v) is 12.4. The van der Waals surface area contributed by atoms with Gasteiger partial charge in [0.1, 0.15) is 5.82 Å². The zero-order valence-electron chi connectivity index (χ0n) is 12.4. The van der Waals surface area contributed by atoms with E-state index in [0.29, 0.717) is 12.0 Å². The van der Waals surface area contributed by atoms with Gasteiger partial charge < -0.3 is 15.0 Å². The maximum absolute atomic E-state index is 13.1. The quantitative estimate of drug-likeness (QED) is 0.739. The van der Waals surface area contributed by atoms with Gasteiger partial charge in [0, 0.05) is 19.1 Å². The van der Waals surface area contributed by atoms with Gasteiger partial charge in [-0.15, -0.1) is 0 Å². The minimum absolute atomic E-state index is 0.131.